The first-order valence-electron chi connectivity index (χ1n) is 16.6. The summed E-state index contributed by atoms with van der Waals surface area (Å²) >= 11 is 0. The van der Waals surface area contributed by atoms with Crippen LogP contribution in [0.4, 0.5) is 5.69 Å². The quantitative estimate of drug-likeness (QED) is 0.0857. The second-order valence-electron chi connectivity index (χ2n) is 12.0. The Kier molecular flexibility index (Phi) is 10.0. The van der Waals surface area contributed by atoms with Gasteiger partial charge < -0.3 is 14.4 Å². The zero-order valence-corrected chi connectivity index (χ0v) is 28.6. The summed E-state index contributed by atoms with van der Waals surface area (Å²) in [5, 5.41) is 3.31. The van der Waals surface area contributed by atoms with Crippen molar-refractivity contribution in [1.82, 2.24) is 0 Å². The average molecular weight is 673 g/mol. The molecule has 3 atom stereocenters. The molecule has 1 amide bonds. The fourth-order valence-electron chi connectivity index (χ4n) is 6.39. The van der Waals surface area contributed by atoms with E-state index >= 15 is 0 Å². The van der Waals surface area contributed by atoms with Crippen molar-refractivity contribution in [2.45, 2.75) is 24.8 Å². The third kappa shape index (κ3) is 6.78. The van der Waals surface area contributed by atoms with Gasteiger partial charge in [-0.3, -0.25) is 9.54 Å². The molecule has 1 aliphatic rings. The Labute approximate surface area is 294 Å². The van der Waals surface area contributed by atoms with Gasteiger partial charge in [-0.15, -0.1) is 0 Å². The van der Waals surface area contributed by atoms with Crippen LogP contribution in [0.5, 0.6) is 5.75 Å². The molecule has 5 nitrogen and oxygen atoms in total. The number of carbonyl (C=O) groups is 1. The first-order chi connectivity index (χ1) is 24.7. The minimum Gasteiger partial charge on any atom is -0.497 e. The number of carbonyl (C=O) groups excluding carboxylic acids is 1. The van der Waals surface area contributed by atoms with Crippen LogP contribution in [0.25, 0.3) is 0 Å². The molecule has 1 heterocycles. The van der Waals surface area contributed by atoms with Crippen LogP contribution < -0.4 is 25.6 Å². The van der Waals surface area contributed by atoms with E-state index in [1.165, 1.54) is 0 Å². The lowest BCUT2D eigenvalue weighted by molar-refractivity contribution is -0.143. The molecule has 1 saturated heterocycles. The van der Waals surface area contributed by atoms with Gasteiger partial charge in [-0.05, 0) is 42.0 Å². The van der Waals surface area contributed by atoms with Crippen LogP contribution in [0.15, 0.2) is 181 Å². The minimum absolute atomic E-state index is 0.124. The van der Waals surface area contributed by atoms with Crippen molar-refractivity contribution >= 4 is 34.6 Å². The van der Waals surface area contributed by atoms with Gasteiger partial charge in [0, 0.05) is 27.2 Å². The van der Waals surface area contributed by atoms with E-state index < -0.39 is 25.2 Å². The lowest BCUT2D eigenvalue weighted by atomic mass is 9.90. The number of hydrogen-bond acceptors (Lipinski definition) is 4. The molecule has 50 heavy (non-hydrogen) atoms. The predicted octanol–water partition coefficient (Wildman–Crippen LogP) is 7.59. The highest BCUT2D eigenvalue weighted by Crippen LogP contribution is 2.49. The fraction of sp³-hybridized carbons (Fsp3) is 0.114. The third-order valence-corrected chi connectivity index (χ3v) is 12.6. The van der Waals surface area contributed by atoms with Crippen LogP contribution in [0.3, 0.4) is 0 Å². The Balaban J connectivity index is 1.47. The average Bonchev–Trinajstić information content (AvgIpc) is 3.19. The number of anilines is 1. The van der Waals surface area contributed by atoms with Crippen molar-refractivity contribution in [2.24, 2.45) is 4.74 Å². The third-order valence-electron chi connectivity index (χ3n) is 8.86. The molecule has 0 spiro atoms. The molecule has 6 heteroatoms. The van der Waals surface area contributed by atoms with Gasteiger partial charge in [0.25, 0.3) is 5.91 Å². The van der Waals surface area contributed by atoms with Crippen LogP contribution in [0.2, 0.25) is 0 Å². The summed E-state index contributed by atoms with van der Waals surface area (Å²) in [5.41, 5.74) is 2.61. The normalized spacial score (nSPS) is 16.0. The Morgan fingerprint density at radius 2 is 1.14 bits per heavy atom. The second kappa shape index (κ2) is 15.3. The lowest BCUT2D eigenvalue weighted by Gasteiger charge is -2.48. The van der Waals surface area contributed by atoms with Gasteiger partial charge in [-0.1, -0.05) is 151 Å². The lowest BCUT2D eigenvalue weighted by Crippen LogP contribution is -2.69. The Bertz CT molecular complexity index is 2030. The van der Waals surface area contributed by atoms with Crippen molar-refractivity contribution < 1.29 is 14.3 Å². The number of amides is 1. The molecule has 6 aromatic carbocycles. The molecular formula is C44H37N2O3P. The standard InChI is InChI=1S/C44H37N2O3P/c1-48-37-30-28-36(29-31-37)46-42(43(44(46)47)49-33-35-19-9-3-10-20-35)41(32-27-34-17-7-2-8-18-34)45-50(38-21-11-4-12-22-38,39-23-13-5-14-24-39)40-25-15-6-16-26-40/h2-26,28-31,41-43H,33H2,1H3/t41-,42-,43+/m0/s1. The van der Waals surface area contributed by atoms with E-state index in [1.807, 2.05) is 103 Å². The van der Waals surface area contributed by atoms with Gasteiger partial charge in [-0.25, -0.2) is 0 Å². The topological polar surface area (TPSA) is 51.1 Å². The minimum atomic E-state index is -2.71. The van der Waals surface area contributed by atoms with Crippen molar-refractivity contribution in [2.75, 3.05) is 12.0 Å². The van der Waals surface area contributed by atoms with Crippen LogP contribution in [-0.2, 0) is 16.1 Å². The molecule has 0 aromatic heterocycles. The van der Waals surface area contributed by atoms with E-state index in [0.29, 0.717) is 12.4 Å². The number of hydrogen-bond donors (Lipinski definition) is 0. The summed E-state index contributed by atoms with van der Waals surface area (Å²) in [6.45, 7) is 0.291. The summed E-state index contributed by atoms with van der Waals surface area (Å²) in [6.07, 6.45) is -0.764. The summed E-state index contributed by atoms with van der Waals surface area (Å²) < 4.78 is 17.9. The number of rotatable bonds is 10. The summed E-state index contributed by atoms with van der Waals surface area (Å²) in [4.78, 5) is 16.0. The molecule has 0 N–H and O–H groups in total. The fourth-order valence-corrected chi connectivity index (χ4v) is 10.1. The van der Waals surface area contributed by atoms with E-state index in [2.05, 4.69) is 84.6 Å². The molecule has 7 rings (SSSR count). The smallest absolute Gasteiger partial charge is 0.258 e. The van der Waals surface area contributed by atoms with Crippen molar-refractivity contribution in [3.63, 3.8) is 0 Å². The highest BCUT2D eigenvalue weighted by Gasteiger charge is 2.53. The van der Waals surface area contributed by atoms with Crippen molar-refractivity contribution in [3.05, 3.63) is 187 Å². The number of β-lactam (4-membered cyclic amide) rings is 1. The second-order valence-corrected chi connectivity index (χ2v) is 15.0. The van der Waals surface area contributed by atoms with Gasteiger partial charge in [-0.2, -0.15) is 0 Å². The largest absolute Gasteiger partial charge is 0.497 e. The van der Waals surface area contributed by atoms with Crippen LogP contribution >= 0.6 is 7.05 Å². The number of nitrogens with zero attached hydrogens (tertiary/aromatic N) is 2. The molecular weight excluding hydrogens is 635 g/mol. The van der Waals surface area contributed by atoms with E-state index in [1.54, 1.807) is 12.0 Å². The highest BCUT2D eigenvalue weighted by molar-refractivity contribution is 7.87. The predicted molar refractivity (Wildman–Crippen MR) is 204 cm³/mol. The molecule has 0 saturated carbocycles. The molecule has 1 fully saturated rings. The van der Waals surface area contributed by atoms with Crippen LogP contribution in [-0.4, -0.2) is 31.2 Å². The highest BCUT2D eigenvalue weighted by atomic mass is 31.2. The molecule has 6 aromatic rings. The number of benzene rings is 6. The zero-order chi connectivity index (χ0) is 34.2. The summed E-state index contributed by atoms with van der Waals surface area (Å²) in [6, 6.07) is 57.8. The first kappa shape index (κ1) is 32.9. The van der Waals surface area contributed by atoms with Gasteiger partial charge in [0.15, 0.2) is 6.10 Å². The Morgan fingerprint density at radius 1 is 0.660 bits per heavy atom. The van der Waals surface area contributed by atoms with Crippen molar-refractivity contribution in [1.29, 1.82) is 0 Å². The van der Waals surface area contributed by atoms with E-state index in [9.17, 15) is 4.79 Å². The molecule has 246 valence electrons. The zero-order valence-electron chi connectivity index (χ0n) is 27.7. The van der Waals surface area contributed by atoms with Crippen molar-refractivity contribution in [3.8, 4) is 17.6 Å². The molecule has 0 aliphatic carbocycles. The van der Waals surface area contributed by atoms with Gasteiger partial charge >= 0.3 is 0 Å². The molecule has 0 unspecified atom stereocenters. The first-order valence-corrected chi connectivity index (χ1v) is 18.4. The maximum atomic E-state index is 14.2. The maximum Gasteiger partial charge on any atom is 0.258 e. The number of ether oxygens (including phenoxy) is 2. The van der Waals surface area contributed by atoms with Gasteiger partial charge in [0.1, 0.15) is 17.8 Å². The SMILES string of the molecule is COc1ccc(N2C(=O)[C@H](OCc3ccccc3)[C@@H]2[C@H](C#Cc2ccccc2)N=P(c2ccccc2)(c2ccccc2)c2ccccc2)cc1. The maximum absolute atomic E-state index is 14.2. The van der Waals surface area contributed by atoms with E-state index in [-0.39, 0.29) is 5.91 Å². The summed E-state index contributed by atoms with van der Waals surface area (Å²) in [5.74, 6) is 7.60. The monoisotopic (exact) mass is 672 g/mol. The molecule has 1 aliphatic heterocycles. The van der Waals surface area contributed by atoms with E-state index in [0.717, 1.165) is 32.7 Å². The van der Waals surface area contributed by atoms with E-state index in [4.69, 9.17) is 14.2 Å². The number of methoxy groups -OCH3 is 1. The molecule has 0 radical (unpaired) electrons. The Morgan fingerprint density at radius 3 is 1.64 bits per heavy atom. The molecule has 0 bridgehead atoms. The van der Waals surface area contributed by atoms with Gasteiger partial charge in [0.05, 0.1) is 20.8 Å². The van der Waals surface area contributed by atoms with Crippen LogP contribution in [0.1, 0.15) is 11.1 Å². The van der Waals surface area contributed by atoms with Crippen LogP contribution in [0, 0.1) is 11.8 Å². The van der Waals surface area contributed by atoms with Gasteiger partial charge in [0.2, 0.25) is 0 Å². The Hall–Kier alpha value is -5.66. The summed E-state index contributed by atoms with van der Waals surface area (Å²) in [7, 11) is -1.08.